The van der Waals surface area contributed by atoms with Crippen LogP contribution in [0.4, 0.5) is 5.69 Å². The SMILES string of the molecule is Cc1c(I)c(C)c(C(=O)O)c(C)c1N=[N+]=[N-]. The maximum absolute atomic E-state index is 11.1. The van der Waals surface area contributed by atoms with Crippen LogP contribution in [0.25, 0.3) is 10.4 Å². The zero-order chi connectivity index (χ0) is 12.5. The summed E-state index contributed by atoms with van der Waals surface area (Å²) in [6.07, 6.45) is 0. The van der Waals surface area contributed by atoms with Crippen molar-refractivity contribution >= 4 is 34.2 Å². The molecule has 0 amide bonds. The van der Waals surface area contributed by atoms with Crippen LogP contribution in [0.5, 0.6) is 0 Å². The molecule has 0 saturated carbocycles. The lowest BCUT2D eigenvalue weighted by molar-refractivity contribution is 0.0695. The number of benzene rings is 1. The van der Waals surface area contributed by atoms with Crippen LogP contribution in [0.1, 0.15) is 27.0 Å². The van der Waals surface area contributed by atoms with Gasteiger partial charge in [-0.05, 0) is 65.6 Å². The Morgan fingerprint density at radius 2 is 1.88 bits per heavy atom. The van der Waals surface area contributed by atoms with E-state index in [1.54, 1.807) is 13.8 Å². The van der Waals surface area contributed by atoms with E-state index in [9.17, 15) is 4.79 Å². The second kappa shape index (κ2) is 4.71. The summed E-state index contributed by atoms with van der Waals surface area (Å²) < 4.78 is 0.822. The van der Waals surface area contributed by atoms with Crippen molar-refractivity contribution in [3.8, 4) is 0 Å². The van der Waals surface area contributed by atoms with Crippen molar-refractivity contribution in [3.63, 3.8) is 0 Å². The minimum absolute atomic E-state index is 0.220. The van der Waals surface area contributed by atoms with E-state index in [1.165, 1.54) is 0 Å². The number of aromatic carboxylic acids is 1. The van der Waals surface area contributed by atoms with Gasteiger partial charge < -0.3 is 5.11 Å². The maximum Gasteiger partial charge on any atom is 0.336 e. The van der Waals surface area contributed by atoms with Crippen molar-refractivity contribution in [2.75, 3.05) is 0 Å². The molecule has 0 spiro atoms. The highest BCUT2D eigenvalue weighted by molar-refractivity contribution is 14.1. The molecule has 0 fully saturated rings. The molecule has 0 bridgehead atoms. The molecule has 1 rings (SSSR count). The van der Waals surface area contributed by atoms with Crippen molar-refractivity contribution in [1.29, 1.82) is 0 Å². The molecule has 6 heteroatoms. The van der Waals surface area contributed by atoms with E-state index in [0.717, 1.165) is 9.13 Å². The first-order valence-electron chi connectivity index (χ1n) is 4.49. The number of halogens is 1. The number of carbonyl (C=O) groups is 1. The molecular formula is C10H10IN3O2. The summed E-state index contributed by atoms with van der Waals surface area (Å²) in [4.78, 5) is 13.9. The van der Waals surface area contributed by atoms with E-state index in [4.69, 9.17) is 10.6 Å². The van der Waals surface area contributed by atoms with Crippen LogP contribution in [0.2, 0.25) is 0 Å². The molecule has 1 aromatic rings. The van der Waals surface area contributed by atoms with E-state index in [1.807, 2.05) is 6.92 Å². The van der Waals surface area contributed by atoms with Gasteiger partial charge in [0.15, 0.2) is 0 Å². The molecule has 0 saturated heterocycles. The quantitative estimate of drug-likeness (QED) is 0.386. The highest BCUT2D eigenvalue weighted by Crippen LogP contribution is 2.34. The number of hydrogen-bond donors (Lipinski definition) is 1. The van der Waals surface area contributed by atoms with Crippen LogP contribution in [0, 0.1) is 24.3 Å². The number of carboxylic acids is 1. The fourth-order valence-electron chi connectivity index (χ4n) is 1.69. The van der Waals surface area contributed by atoms with Gasteiger partial charge in [0.1, 0.15) is 0 Å². The number of rotatable bonds is 2. The molecule has 1 N–H and O–H groups in total. The second-order valence-electron chi connectivity index (χ2n) is 3.41. The van der Waals surface area contributed by atoms with E-state index >= 15 is 0 Å². The van der Waals surface area contributed by atoms with Gasteiger partial charge in [0.25, 0.3) is 0 Å². The molecule has 0 aromatic heterocycles. The molecular weight excluding hydrogens is 321 g/mol. The van der Waals surface area contributed by atoms with Crippen LogP contribution in [0.3, 0.4) is 0 Å². The molecule has 0 atom stereocenters. The summed E-state index contributed by atoms with van der Waals surface area (Å²) in [7, 11) is 0. The summed E-state index contributed by atoms with van der Waals surface area (Å²) in [5, 5.41) is 12.7. The summed E-state index contributed by atoms with van der Waals surface area (Å²) in [5.74, 6) is -0.998. The molecule has 5 nitrogen and oxygen atoms in total. The topological polar surface area (TPSA) is 86.1 Å². The van der Waals surface area contributed by atoms with Crippen LogP contribution >= 0.6 is 22.6 Å². The zero-order valence-corrected chi connectivity index (χ0v) is 11.2. The number of nitrogens with zero attached hydrogens (tertiary/aromatic N) is 3. The molecule has 0 heterocycles. The molecule has 0 aliphatic carbocycles. The fourth-order valence-corrected chi connectivity index (χ4v) is 2.22. The Hall–Kier alpha value is -1.27. The predicted molar refractivity (Wildman–Crippen MR) is 69.1 cm³/mol. The average Bonchev–Trinajstić information content (AvgIpc) is 2.21. The van der Waals surface area contributed by atoms with E-state index in [2.05, 4.69) is 32.6 Å². The number of carboxylic acid groups (broad SMARTS) is 1. The van der Waals surface area contributed by atoms with Crippen molar-refractivity contribution in [2.24, 2.45) is 5.11 Å². The Morgan fingerprint density at radius 3 is 2.31 bits per heavy atom. The van der Waals surface area contributed by atoms with Crippen molar-refractivity contribution in [3.05, 3.63) is 36.3 Å². The Labute approximate surface area is 106 Å². The maximum atomic E-state index is 11.1. The van der Waals surface area contributed by atoms with Crippen LogP contribution in [-0.4, -0.2) is 11.1 Å². The first-order valence-corrected chi connectivity index (χ1v) is 5.57. The third-order valence-electron chi connectivity index (χ3n) is 2.48. The fraction of sp³-hybridized carbons (Fsp3) is 0.300. The lowest BCUT2D eigenvalue weighted by Gasteiger charge is -2.14. The Morgan fingerprint density at radius 1 is 1.31 bits per heavy atom. The predicted octanol–water partition coefficient (Wildman–Crippen LogP) is 3.86. The van der Waals surface area contributed by atoms with Gasteiger partial charge in [-0.2, -0.15) is 0 Å². The van der Waals surface area contributed by atoms with Crippen LogP contribution in [0.15, 0.2) is 5.11 Å². The highest BCUT2D eigenvalue weighted by atomic mass is 127. The number of azide groups is 1. The van der Waals surface area contributed by atoms with Gasteiger partial charge in [-0.1, -0.05) is 5.11 Å². The first kappa shape index (κ1) is 12.8. The van der Waals surface area contributed by atoms with Crippen molar-refractivity contribution in [2.45, 2.75) is 20.8 Å². The molecule has 84 valence electrons. The molecule has 0 aliphatic rings. The normalized spacial score (nSPS) is 9.75. The van der Waals surface area contributed by atoms with Gasteiger partial charge in [-0.25, -0.2) is 4.79 Å². The molecule has 1 aromatic carbocycles. The number of hydrogen-bond acceptors (Lipinski definition) is 2. The second-order valence-corrected chi connectivity index (χ2v) is 4.49. The third-order valence-corrected chi connectivity index (χ3v) is 4.10. The van der Waals surface area contributed by atoms with Gasteiger partial charge in [0.2, 0.25) is 0 Å². The smallest absolute Gasteiger partial charge is 0.336 e. The summed E-state index contributed by atoms with van der Waals surface area (Å²) >= 11 is 2.06. The third kappa shape index (κ3) is 1.98. The monoisotopic (exact) mass is 331 g/mol. The van der Waals surface area contributed by atoms with Gasteiger partial charge in [0.05, 0.1) is 5.56 Å². The summed E-state index contributed by atoms with van der Waals surface area (Å²) in [6.45, 7) is 5.23. The average molecular weight is 331 g/mol. The minimum atomic E-state index is -0.998. The van der Waals surface area contributed by atoms with Gasteiger partial charge in [0, 0.05) is 14.2 Å². The van der Waals surface area contributed by atoms with Gasteiger partial charge in [-0.3, -0.25) is 0 Å². The minimum Gasteiger partial charge on any atom is -0.478 e. The molecule has 16 heavy (non-hydrogen) atoms. The van der Waals surface area contributed by atoms with Crippen molar-refractivity contribution < 1.29 is 9.90 Å². The van der Waals surface area contributed by atoms with E-state index < -0.39 is 5.97 Å². The Balaban J connectivity index is 3.79. The molecule has 0 unspecified atom stereocenters. The van der Waals surface area contributed by atoms with Crippen molar-refractivity contribution in [1.82, 2.24) is 0 Å². The molecule has 0 aliphatic heterocycles. The summed E-state index contributed by atoms with van der Waals surface area (Å²) in [5.41, 5.74) is 11.1. The summed E-state index contributed by atoms with van der Waals surface area (Å²) in [6, 6.07) is 0. The largest absolute Gasteiger partial charge is 0.478 e. The lowest BCUT2D eigenvalue weighted by Crippen LogP contribution is -2.06. The standard InChI is InChI=1S/C10H10IN3O2/c1-4-7(10(15)16)5(2)9(13-14-12)6(3)8(4)11/h1-3H3,(H,15,16). The van der Waals surface area contributed by atoms with E-state index in [-0.39, 0.29) is 5.56 Å². The van der Waals surface area contributed by atoms with Crippen LogP contribution in [-0.2, 0) is 0 Å². The van der Waals surface area contributed by atoms with E-state index in [0.29, 0.717) is 16.8 Å². The Bertz CT molecular complexity index is 490. The van der Waals surface area contributed by atoms with Gasteiger partial charge in [-0.15, -0.1) is 0 Å². The van der Waals surface area contributed by atoms with Crippen LogP contribution < -0.4 is 0 Å². The lowest BCUT2D eigenvalue weighted by atomic mass is 9.97. The first-order chi connectivity index (χ1) is 7.41. The Kier molecular flexibility index (Phi) is 3.77. The highest BCUT2D eigenvalue weighted by Gasteiger charge is 2.19. The zero-order valence-electron chi connectivity index (χ0n) is 9.08. The van der Waals surface area contributed by atoms with Gasteiger partial charge >= 0.3 is 5.97 Å². The molecule has 0 radical (unpaired) electrons.